The zero-order valence-corrected chi connectivity index (χ0v) is 13.7. The summed E-state index contributed by atoms with van der Waals surface area (Å²) in [6, 6.07) is 9.70. The first-order valence-corrected chi connectivity index (χ1v) is 7.88. The quantitative estimate of drug-likeness (QED) is 0.699. The van der Waals surface area contributed by atoms with Gasteiger partial charge in [-0.05, 0) is 18.1 Å². The summed E-state index contributed by atoms with van der Waals surface area (Å²) in [5.41, 5.74) is 7.46. The Morgan fingerprint density at radius 3 is 2.46 bits per heavy atom. The molecule has 0 saturated carbocycles. The molecule has 0 bridgehead atoms. The molecule has 7 heteroatoms. The third-order valence-electron chi connectivity index (χ3n) is 3.31. The number of benzene rings is 1. The van der Waals surface area contributed by atoms with E-state index < -0.39 is 17.8 Å². The number of amides is 2. The first kappa shape index (κ1) is 17.4. The number of nitrogens with two attached hydrogens (primary N) is 1. The summed E-state index contributed by atoms with van der Waals surface area (Å²) >= 11 is 1.26. The third-order valence-corrected chi connectivity index (χ3v) is 4.52. The predicted octanol–water partition coefficient (Wildman–Crippen LogP) is 2.33. The fourth-order valence-electron chi connectivity index (χ4n) is 2.20. The molecule has 6 nitrogen and oxygen atoms in total. The van der Waals surface area contributed by atoms with Crippen LogP contribution in [0.4, 0.5) is 5.00 Å². The van der Waals surface area contributed by atoms with Crippen LogP contribution in [0.2, 0.25) is 0 Å². The lowest BCUT2D eigenvalue weighted by Gasteiger charge is -2.02. The van der Waals surface area contributed by atoms with Crippen molar-refractivity contribution in [3.63, 3.8) is 0 Å². The maximum atomic E-state index is 11.8. The van der Waals surface area contributed by atoms with Gasteiger partial charge in [0, 0.05) is 23.5 Å². The second-order valence-electron chi connectivity index (χ2n) is 5.04. The van der Waals surface area contributed by atoms with E-state index in [1.807, 2.05) is 30.3 Å². The minimum Gasteiger partial charge on any atom is -0.478 e. The molecule has 0 atom stereocenters. The van der Waals surface area contributed by atoms with Crippen molar-refractivity contribution in [1.82, 2.24) is 0 Å². The highest BCUT2D eigenvalue weighted by Gasteiger charge is 2.20. The summed E-state index contributed by atoms with van der Waals surface area (Å²) < 4.78 is 0. The zero-order chi connectivity index (χ0) is 17.7. The molecule has 124 valence electrons. The summed E-state index contributed by atoms with van der Waals surface area (Å²) in [5.74, 6) is -2.50. The van der Waals surface area contributed by atoms with Gasteiger partial charge < -0.3 is 16.2 Å². The maximum Gasteiger partial charge on any atom is 0.328 e. The average molecular weight is 344 g/mol. The van der Waals surface area contributed by atoms with Gasteiger partial charge in [-0.15, -0.1) is 11.3 Å². The molecule has 1 heterocycles. The average Bonchev–Trinajstić information content (AvgIpc) is 2.82. The molecule has 0 radical (unpaired) electrons. The van der Waals surface area contributed by atoms with Crippen molar-refractivity contribution in [1.29, 1.82) is 0 Å². The molecular formula is C17H16N2O4S. The highest BCUT2D eigenvalue weighted by molar-refractivity contribution is 7.17. The van der Waals surface area contributed by atoms with Crippen molar-refractivity contribution < 1.29 is 19.5 Å². The number of carbonyl (C=O) groups excluding carboxylic acids is 2. The van der Waals surface area contributed by atoms with Gasteiger partial charge in [0.2, 0.25) is 5.91 Å². The standard InChI is InChI=1S/C17H16N2O4S/c1-10-12(9-11-5-3-2-4-6-11)24-17(15(10)16(18)23)19-13(20)7-8-14(21)22/h2-8H,9H2,1H3,(H2,18,23)(H,19,20)(H,21,22). The number of anilines is 1. The van der Waals surface area contributed by atoms with E-state index in [0.29, 0.717) is 17.0 Å². The molecule has 0 fully saturated rings. The third kappa shape index (κ3) is 4.30. The molecule has 24 heavy (non-hydrogen) atoms. The molecule has 2 aromatic rings. The number of carboxylic acids is 1. The maximum absolute atomic E-state index is 11.8. The molecule has 0 aliphatic rings. The normalized spacial score (nSPS) is 10.7. The molecule has 1 aromatic heterocycles. The first-order chi connectivity index (χ1) is 11.4. The van der Waals surface area contributed by atoms with Crippen LogP contribution in [0.5, 0.6) is 0 Å². The minimum absolute atomic E-state index is 0.253. The number of thiophene rings is 1. The summed E-state index contributed by atoms with van der Waals surface area (Å²) in [5, 5.41) is 11.4. The second kappa shape index (κ2) is 7.56. The van der Waals surface area contributed by atoms with E-state index >= 15 is 0 Å². The van der Waals surface area contributed by atoms with Crippen LogP contribution in [0.25, 0.3) is 0 Å². The monoisotopic (exact) mass is 344 g/mol. The van der Waals surface area contributed by atoms with Crippen molar-refractivity contribution in [3.05, 3.63) is 64.1 Å². The Morgan fingerprint density at radius 2 is 1.88 bits per heavy atom. The fourth-order valence-corrected chi connectivity index (χ4v) is 3.44. The van der Waals surface area contributed by atoms with Crippen LogP contribution in [0.1, 0.15) is 26.4 Å². The number of hydrogen-bond acceptors (Lipinski definition) is 4. The predicted molar refractivity (Wildman–Crippen MR) is 92.2 cm³/mol. The number of hydrogen-bond donors (Lipinski definition) is 3. The van der Waals surface area contributed by atoms with Crippen LogP contribution in [-0.2, 0) is 16.0 Å². The zero-order valence-electron chi connectivity index (χ0n) is 12.9. The van der Waals surface area contributed by atoms with Crippen LogP contribution >= 0.6 is 11.3 Å². The number of nitrogens with one attached hydrogen (secondary N) is 1. The molecular weight excluding hydrogens is 328 g/mol. The summed E-state index contributed by atoms with van der Waals surface area (Å²) in [6.45, 7) is 1.78. The molecule has 0 unspecified atom stereocenters. The highest BCUT2D eigenvalue weighted by atomic mass is 32.1. The van der Waals surface area contributed by atoms with Gasteiger partial charge >= 0.3 is 5.97 Å². The summed E-state index contributed by atoms with van der Waals surface area (Å²) in [4.78, 5) is 34.8. The Hall–Kier alpha value is -2.93. The molecule has 0 saturated heterocycles. The van der Waals surface area contributed by atoms with Crippen LogP contribution in [-0.4, -0.2) is 22.9 Å². The Kier molecular flexibility index (Phi) is 5.49. The van der Waals surface area contributed by atoms with E-state index in [2.05, 4.69) is 5.32 Å². The lowest BCUT2D eigenvalue weighted by Crippen LogP contribution is -2.16. The number of aliphatic carboxylic acids is 1. The van der Waals surface area contributed by atoms with Crippen LogP contribution in [0.15, 0.2) is 42.5 Å². The van der Waals surface area contributed by atoms with Crippen molar-refractivity contribution in [2.24, 2.45) is 5.73 Å². The Labute approximate surface area is 142 Å². The Balaban J connectivity index is 2.30. The van der Waals surface area contributed by atoms with E-state index in [9.17, 15) is 14.4 Å². The van der Waals surface area contributed by atoms with Gasteiger partial charge in [0.15, 0.2) is 0 Å². The summed E-state index contributed by atoms with van der Waals surface area (Å²) in [7, 11) is 0. The number of primary amides is 1. The van der Waals surface area contributed by atoms with Crippen LogP contribution in [0, 0.1) is 6.92 Å². The largest absolute Gasteiger partial charge is 0.478 e. The van der Waals surface area contributed by atoms with Gasteiger partial charge in [-0.2, -0.15) is 0 Å². The minimum atomic E-state index is -1.23. The van der Waals surface area contributed by atoms with Crippen LogP contribution in [0.3, 0.4) is 0 Å². The Bertz CT molecular complexity index is 809. The molecule has 2 rings (SSSR count). The number of carboxylic acid groups (broad SMARTS) is 1. The Morgan fingerprint density at radius 1 is 1.21 bits per heavy atom. The van der Waals surface area contributed by atoms with E-state index in [1.165, 1.54) is 11.3 Å². The lowest BCUT2D eigenvalue weighted by molar-refractivity contribution is -0.131. The second-order valence-corrected chi connectivity index (χ2v) is 6.15. The van der Waals surface area contributed by atoms with Gasteiger partial charge in [-0.1, -0.05) is 30.3 Å². The van der Waals surface area contributed by atoms with Gasteiger partial charge in [0.25, 0.3) is 5.91 Å². The van der Waals surface area contributed by atoms with E-state index in [4.69, 9.17) is 10.8 Å². The smallest absolute Gasteiger partial charge is 0.328 e. The molecule has 0 aliphatic carbocycles. The SMILES string of the molecule is Cc1c(Cc2ccccc2)sc(NC(=O)C=CC(=O)O)c1C(N)=O. The molecule has 0 aliphatic heterocycles. The topological polar surface area (TPSA) is 109 Å². The molecule has 1 aromatic carbocycles. The first-order valence-electron chi connectivity index (χ1n) is 7.06. The van der Waals surface area contributed by atoms with E-state index in [0.717, 1.165) is 22.6 Å². The van der Waals surface area contributed by atoms with Crippen molar-refractivity contribution in [3.8, 4) is 0 Å². The van der Waals surface area contributed by atoms with Gasteiger partial charge in [-0.25, -0.2) is 4.79 Å². The molecule has 4 N–H and O–H groups in total. The lowest BCUT2D eigenvalue weighted by atomic mass is 10.1. The van der Waals surface area contributed by atoms with E-state index in [-0.39, 0.29) is 5.56 Å². The van der Waals surface area contributed by atoms with Crippen molar-refractivity contribution in [2.75, 3.05) is 5.32 Å². The van der Waals surface area contributed by atoms with E-state index in [1.54, 1.807) is 6.92 Å². The summed E-state index contributed by atoms with van der Waals surface area (Å²) in [6.07, 6.45) is 2.22. The van der Waals surface area contributed by atoms with Gasteiger partial charge in [0.05, 0.1) is 5.56 Å². The van der Waals surface area contributed by atoms with Crippen molar-refractivity contribution in [2.45, 2.75) is 13.3 Å². The van der Waals surface area contributed by atoms with Gasteiger partial charge in [-0.3, -0.25) is 9.59 Å². The van der Waals surface area contributed by atoms with Gasteiger partial charge in [0.1, 0.15) is 5.00 Å². The highest BCUT2D eigenvalue weighted by Crippen LogP contribution is 2.34. The number of rotatable bonds is 6. The molecule has 0 spiro atoms. The fraction of sp³-hybridized carbons (Fsp3) is 0.118. The van der Waals surface area contributed by atoms with Crippen molar-refractivity contribution >= 4 is 34.1 Å². The van der Waals surface area contributed by atoms with Crippen LogP contribution < -0.4 is 11.1 Å². The molecule has 2 amide bonds. The number of carbonyl (C=O) groups is 3.